The van der Waals surface area contributed by atoms with Crippen molar-refractivity contribution in [2.24, 2.45) is 0 Å². The average molecular weight is 249 g/mol. The van der Waals surface area contributed by atoms with E-state index in [0.29, 0.717) is 6.04 Å². The Kier molecular flexibility index (Phi) is 7.51. The molecule has 0 heterocycles. The molecule has 0 bridgehead atoms. The highest BCUT2D eigenvalue weighted by Gasteiger charge is 2.06. The number of methoxy groups -OCH3 is 1. The molecule has 2 nitrogen and oxygen atoms in total. The molecule has 18 heavy (non-hydrogen) atoms. The van der Waals surface area contributed by atoms with Crippen LogP contribution in [0.25, 0.3) is 0 Å². The highest BCUT2D eigenvalue weighted by molar-refractivity contribution is 5.28. The molecule has 1 aromatic carbocycles. The topological polar surface area (TPSA) is 21.3 Å². The second-order valence-corrected chi connectivity index (χ2v) is 4.82. The van der Waals surface area contributed by atoms with Gasteiger partial charge >= 0.3 is 0 Å². The quantitative estimate of drug-likeness (QED) is 0.672. The molecule has 0 aromatic heterocycles. The van der Waals surface area contributed by atoms with Crippen molar-refractivity contribution >= 4 is 0 Å². The maximum absolute atomic E-state index is 5.26. The number of hydrogen-bond donors (Lipinski definition) is 1. The summed E-state index contributed by atoms with van der Waals surface area (Å²) in [7, 11) is 1.72. The summed E-state index contributed by atoms with van der Waals surface area (Å²) >= 11 is 0. The van der Waals surface area contributed by atoms with E-state index in [2.05, 4.69) is 37.4 Å². The monoisotopic (exact) mass is 249 g/mol. The predicted octanol–water partition coefficient (Wildman–Crippen LogP) is 3.80. The predicted molar refractivity (Wildman–Crippen MR) is 78.3 cm³/mol. The highest BCUT2D eigenvalue weighted by Crippen LogP contribution is 2.14. The molecular formula is C16H27NO. The molecule has 102 valence electrons. The summed E-state index contributed by atoms with van der Waals surface area (Å²) in [6.07, 6.45) is 6.14. The number of hydrogen-bond acceptors (Lipinski definition) is 2. The Morgan fingerprint density at radius 3 is 2.72 bits per heavy atom. The van der Waals surface area contributed by atoms with Crippen molar-refractivity contribution in [3.05, 3.63) is 29.8 Å². The third-order valence-electron chi connectivity index (χ3n) is 3.32. The minimum absolute atomic E-state index is 0.578. The van der Waals surface area contributed by atoms with E-state index >= 15 is 0 Å². The first-order valence-corrected chi connectivity index (χ1v) is 7.16. The van der Waals surface area contributed by atoms with Gasteiger partial charge in [-0.2, -0.15) is 0 Å². The maximum atomic E-state index is 5.26. The van der Waals surface area contributed by atoms with E-state index in [-0.39, 0.29) is 0 Å². The highest BCUT2D eigenvalue weighted by atomic mass is 16.5. The minimum atomic E-state index is 0.578. The molecule has 1 atom stereocenters. The van der Waals surface area contributed by atoms with Crippen LogP contribution in [0.4, 0.5) is 0 Å². The fourth-order valence-corrected chi connectivity index (χ4v) is 2.13. The molecule has 0 spiro atoms. The Hall–Kier alpha value is -1.02. The zero-order valence-corrected chi connectivity index (χ0v) is 12.0. The van der Waals surface area contributed by atoms with Gasteiger partial charge in [0.25, 0.3) is 0 Å². The number of unbranched alkanes of at least 4 members (excludes halogenated alkanes) is 2. The van der Waals surface area contributed by atoms with E-state index in [1.807, 2.05) is 6.07 Å². The lowest BCUT2D eigenvalue weighted by atomic mass is 10.0. The Labute approximate surface area is 112 Å². The van der Waals surface area contributed by atoms with Crippen LogP contribution in [0.5, 0.6) is 5.75 Å². The molecule has 0 aliphatic rings. The molecule has 1 unspecified atom stereocenters. The Bertz CT molecular complexity index is 325. The number of ether oxygens (including phenoxy) is 1. The lowest BCUT2D eigenvalue weighted by molar-refractivity contribution is 0.413. The molecule has 0 amide bonds. The Balaban J connectivity index is 2.41. The van der Waals surface area contributed by atoms with Crippen molar-refractivity contribution in [3.63, 3.8) is 0 Å². The van der Waals surface area contributed by atoms with Crippen molar-refractivity contribution < 1.29 is 4.74 Å². The van der Waals surface area contributed by atoms with Gasteiger partial charge in [0.1, 0.15) is 5.75 Å². The molecule has 0 radical (unpaired) electrons. The van der Waals surface area contributed by atoms with Crippen LogP contribution < -0.4 is 10.1 Å². The van der Waals surface area contributed by atoms with Crippen LogP contribution in [0, 0.1) is 0 Å². The fourth-order valence-electron chi connectivity index (χ4n) is 2.13. The summed E-state index contributed by atoms with van der Waals surface area (Å²) in [6, 6.07) is 8.96. The first-order chi connectivity index (χ1) is 8.80. The van der Waals surface area contributed by atoms with Gasteiger partial charge in [-0.25, -0.2) is 0 Å². The van der Waals surface area contributed by atoms with Crippen LogP contribution in [0.3, 0.4) is 0 Å². The molecule has 0 fully saturated rings. The largest absolute Gasteiger partial charge is 0.497 e. The van der Waals surface area contributed by atoms with Gasteiger partial charge in [0.05, 0.1) is 7.11 Å². The Morgan fingerprint density at radius 2 is 2.06 bits per heavy atom. The van der Waals surface area contributed by atoms with Gasteiger partial charge in [0.15, 0.2) is 0 Å². The molecule has 0 aliphatic carbocycles. The Morgan fingerprint density at radius 1 is 1.22 bits per heavy atom. The lowest BCUT2D eigenvalue weighted by Gasteiger charge is -2.17. The third-order valence-corrected chi connectivity index (χ3v) is 3.32. The van der Waals surface area contributed by atoms with Gasteiger partial charge in [0, 0.05) is 6.04 Å². The smallest absolute Gasteiger partial charge is 0.119 e. The average Bonchev–Trinajstić information content (AvgIpc) is 2.42. The zero-order valence-electron chi connectivity index (χ0n) is 12.0. The maximum Gasteiger partial charge on any atom is 0.119 e. The standard InChI is InChI=1S/C16H27NO/c1-4-6-7-11-17-15(5-2)12-14-9-8-10-16(13-14)18-3/h8-10,13,15,17H,4-7,11-12H2,1-3H3. The minimum Gasteiger partial charge on any atom is -0.497 e. The molecule has 0 saturated carbocycles. The van der Waals surface area contributed by atoms with Gasteiger partial charge in [-0.05, 0) is 43.5 Å². The van der Waals surface area contributed by atoms with E-state index in [4.69, 9.17) is 4.74 Å². The molecule has 0 aliphatic heterocycles. The van der Waals surface area contributed by atoms with Gasteiger partial charge < -0.3 is 10.1 Å². The van der Waals surface area contributed by atoms with Crippen LogP contribution in [0.15, 0.2) is 24.3 Å². The molecule has 1 rings (SSSR count). The van der Waals surface area contributed by atoms with Crippen LogP contribution >= 0.6 is 0 Å². The van der Waals surface area contributed by atoms with E-state index in [0.717, 1.165) is 18.7 Å². The van der Waals surface area contributed by atoms with Gasteiger partial charge in [-0.15, -0.1) is 0 Å². The van der Waals surface area contributed by atoms with Crippen molar-refractivity contribution in [1.82, 2.24) is 5.32 Å². The SMILES string of the molecule is CCCCCNC(CC)Cc1cccc(OC)c1. The van der Waals surface area contributed by atoms with Crippen LogP contribution in [-0.2, 0) is 6.42 Å². The van der Waals surface area contributed by atoms with Gasteiger partial charge in [0.2, 0.25) is 0 Å². The van der Waals surface area contributed by atoms with Crippen molar-refractivity contribution in [2.75, 3.05) is 13.7 Å². The molecule has 2 heteroatoms. The van der Waals surface area contributed by atoms with E-state index in [1.165, 1.54) is 31.2 Å². The zero-order chi connectivity index (χ0) is 13.2. The van der Waals surface area contributed by atoms with Crippen LogP contribution in [-0.4, -0.2) is 19.7 Å². The van der Waals surface area contributed by atoms with Crippen LogP contribution in [0.1, 0.15) is 45.1 Å². The second kappa shape index (κ2) is 8.98. The van der Waals surface area contributed by atoms with E-state index in [1.54, 1.807) is 7.11 Å². The molecule has 1 N–H and O–H groups in total. The van der Waals surface area contributed by atoms with E-state index < -0.39 is 0 Å². The van der Waals surface area contributed by atoms with Gasteiger partial charge in [-0.3, -0.25) is 0 Å². The summed E-state index contributed by atoms with van der Waals surface area (Å²) in [5.74, 6) is 0.952. The van der Waals surface area contributed by atoms with E-state index in [9.17, 15) is 0 Å². The third kappa shape index (κ3) is 5.54. The molecule has 1 aromatic rings. The van der Waals surface area contributed by atoms with Crippen LogP contribution in [0.2, 0.25) is 0 Å². The normalized spacial score (nSPS) is 12.4. The number of rotatable bonds is 9. The van der Waals surface area contributed by atoms with Crippen molar-refractivity contribution in [2.45, 2.75) is 52.0 Å². The summed E-state index contributed by atoms with van der Waals surface area (Å²) in [4.78, 5) is 0. The summed E-state index contributed by atoms with van der Waals surface area (Å²) in [6.45, 7) is 5.63. The first kappa shape index (κ1) is 15.0. The van der Waals surface area contributed by atoms with Crippen molar-refractivity contribution in [3.8, 4) is 5.75 Å². The van der Waals surface area contributed by atoms with Crippen molar-refractivity contribution in [1.29, 1.82) is 0 Å². The lowest BCUT2D eigenvalue weighted by Crippen LogP contribution is -2.31. The second-order valence-electron chi connectivity index (χ2n) is 4.82. The number of benzene rings is 1. The molecule has 0 saturated heterocycles. The van der Waals surface area contributed by atoms with Gasteiger partial charge in [-0.1, -0.05) is 38.8 Å². The summed E-state index contributed by atoms with van der Waals surface area (Å²) in [5, 5.41) is 3.65. The molecular weight excluding hydrogens is 222 g/mol. The summed E-state index contributed by atoms with van der Waals surface area (Å²) in [5.41, 5.74) is 1.35. The first-order valence-electron chi connectivity index (χ1n) is 7.16. The fraction of sp³-hybridized carbons (Fsp3) is 0.625. The number of nitrogens with one attached hydrogen (secondary N) is 1. The summed E-state index contributed by atoms with van der Waals surface area (Å²) < 4.78 is 5.26.